The highest BCUT2D eigenvalue weighted by Gasteiger charge is 2.07. The van der Waals surface area contributed by atoms with Gasteiger partial charge in [-0.1, -0.05) is 6.07 Å². The lowest BCUT2D eigenvalue weighted by molar-refractivity contribution is -0.131. The fourth-order valence-electron chi connectivity index (χ4n) is 2.29. The molecule has 0 spiro atoms. The Hall–Kier alpha value is -2.56. The third-order valence-corrected chi connectivity index (χ3v) is 3.23. The van der Waals surface area contributed by atoms with E-state index < -0.39 is 5.97 Å². The summed E-state index contributed by atoms with van der Waals surface area (Å²) in [6.45, 7) is 2.80. The van der Waals surface area contributed by atoms with Gasteiger partial charge in [0.15, 0.2) is 0 Å². The Morgan fingerprint density at radius 2 is 2.24 bits per heavy atom. The molecule has 0 aliphatic carbocycles. The molecule has 0 saturated heterocycles. The molecular formula is C16H19N3O2. The average molecular weight is 285 g/mol. The molecule has 0 aliphatic rings. The van der Waals surface area contributed by atoms with Gasteiger partial charge in [-0.05, 0) is 36.3 Å². The second-order valence-electron chi connectivity index (χ2n) is 5.10. The third-order valence-electron chi connectivity index (χ3n) is 3.23. The molecule has 0 saturated carbocycles. The molecule has 0 radical (unpaired) electrons. The molecule has 110 valence electrons. The predicted octanol–water partition coefficient (Wildman–Crippen LogP) is 2.46. The van der Waals surface area contributed by atoms with Gasteiger partial charge in [-0.15, -0.1) is 0 Å². The van der Waals surface area contributed by atoms with Crippen molar-refractivity contribution in [3.8, 4) is 0 Å². The average Bonchev–Trinajstić information content (AvgIpc) is 2.81. The zero-order chi connectivity index (χ0) is 15.4. The summed E-state index contributed by atoms with van der Waals surface area (Å²) in [5.74, 6) is -0.939. The van der Waals surface area contributed by atoms with Crippen molar-refractivity contribution in [1.82, 2.24) is 9.78 Å². The molecule has 5 nitrogen and oxygen atoms in total. The SMILES string of the molecule is Cc1cc(C=CC(=O)O)ccc1N(C)Cc1cnn(C)c1. The number of rotatable bonds is 5. The summed E-state index contributed by atoms with van der Waals surface area (Å²) in [4.78, 5) is 12.7. The number of hydrogen-bond acceptors (Lipinski definition) is 3. The minimum Gasteiger partial charge on any atom is -0.478 e. The van der Waals surface area contributed by atoms with Crippen LogP contribution in [0.3, 0.4) is 0 Å². The Balaban J connectivity index is 2.14. The number of carboxylic acid groups (broad SMARTS) is 1. The molecule has 1 N–H and O–H groups in total. The van der Waals surface area contributed by atoms with E-state index in [1.807, 2.05) is 51.6 Å². The highest BCUT2D eigenvalue weighted by atomic mass is 16.4. The van der Waals surface area contributed by atoms with Crippen molar-refractivity contribution in [2.45, 2.75) is 13.5 Å². The normalized spacial score (nSPS) is 11.0. The van der Waals surface area contributed by atoms with E-state index in [2.05, 4.69) is 10.00 Å². The first-order chi connectivity index (χ1) is 9.95. The highest BCUT2D eigenvalue weighted by Crippen LogP contribution is 2.22. The maximum atomic E-state index is 10.5. The van der Waals surface area contributed by atoms with Crippen molar-refractivity contribution < 1.29 is 9.90 Å². The van der Waals surface area contributed by atoms with Crippen LogP contribution in [0.5, 0.6) is 0 Å². The van der Waals surface area contributed by atoms with Gasteiger partial charge in [0.25, 0.3) is 0 Å². The van der Waals surface area contributed by atoms with Crippen LogP contribution in [0.2, 0.25) is 0 Å². The smallest absolute Gasteiger partial charge is 0.328 e. The van der Waals surface area contributed by atoms with Crippen LogP contribution in [0, 0.1) is 6.92 Å². The van der Waals surface area contributed by atoms with Crippen LogP contribution in [0.15, 0.2) is 36.7 Å². The summed E-state index contributed by atoms with van der Waals surface area (Å²) in [5, 5.41) is 12.8. The van der Waals surface area contributed by atoms with Crippen molar-refractivity contribution in [3.05, 3.63) is 53.4 Å². The van der Waals surface area contributed by atoms with E-state index in [-0.39, 0.29) is 0 Å². The second kappa shape index (κ2) is 6.26. The quantitative estimate of drug-likeness (QED) is 0.857. The molecular weight excluding hydrogens is 266 g/mol. The van der Waals surface area contributed by atoms with Crippen LogP contribution in [0.4, 0.5) is 5.69 Å². The molecule has 0 atom stereocenters. The van der Waals surface area contributed by atoms with Gasteiger partial charge in [-0.3, -0.25) is 4.68 Å². The zero-order valence-corrected chi connectivity index (χ0v) is 12.4. The minimum atomic E-state index is -0.939. The summed E-state index contributed by atoms with van der Waals surface area (Å²) in [6.07, 6.45) is 6.60. The summed E-state index contributed by atoms with van der Waals surface area (Å²) in [5.41, 5.74) is 4.25. The molecule has 1 aromatic heterocycles. The van der Waals surface area contributed by atoms with Gasteiger partial charge in [0.1, 0.15) is 0 Å². The van der Waals surface area contributed by atoms with Gasteiger partial charge in [-0.25, -0.2) is 4.79 Å². The number of aromatic nitrogens is 2. The fourth-order valence-corrected chi connectivity index (χ4v) is 2.29. The van der Waals surface area contributed by atoms with E-state index in [9.17, 15) is 4.79 Å². The number of anilines is 1. The lowest BCUT2D eigenvalue weighted by Crippen LogP contribution is -2.17. The van der Waals surface area contributed by atoms with Gasteiger partial charge in [0.2, 0.25) is 0 Å². The van der Waals surface area contributed by atoms with E-state index in [1.54, 1.807) is 10.8 Å². The van der Waals surface area contributed by atoms with Crippen LogP contribution in [0.25, 0.3) is 6.08 Å². The Labute approximate surface area is 124 Å². The largest absolute Gasteiger partial charge is 0.478 e. The number of benzene rings is 1. The molecule has 2 aromatic rings. The minimum absolute atomic E-state index is 0.777. The second-order valence-corrected chi connectivity index (χ2v) is 5.10. The summed E-state index contributed by atoms with van der Waals surface area (Å²) in [7, 11) is 3.93. The van der Waals surface area contributed by atoms with Gasteiger partial charge in [0.05, 0.1) is 6.20 Å². The summed E-state index contributed by atoms with van der Waals surface area (Å²) in [6, 6.07) is 5.91. The van der Waals surface area contributed by atoms with Crippen molar-refractivity contribution in [1.29, 1.82) is 0 Å². The number of aliphatic carboxylic acids is 1. The highest BCUT2D eigenvalue weighted by molar-refractivity contribution is 5.85. The molecule has 1 heterocycles. The maximum Gasteiger partial charge on any atom is 0.328 e. The number of carbonyl (C=O) groups is 1. The Bertz CT molecular complexity index is 674. The van der Waals surface area contributed by atoms with Crippen LogP contribution >= 0.6 is 0 Å². The molecule has 1 aromatic carbocycles. The molecule has 2 rings (SSSR count). The Morgan fingerprint density at radius 1 is 1.48 bits per heavy atom. The molecule has 0 bridgehead atoms. The van der Waals surface area contributed by atoms with E-state index in [0.717, 1.165) is 35.0 Å². The first-order valence-corrected chi connectivity index (χ1v) is 6.66. The van der Waals surface area contributed by atoms with E-state index in [1.165, 1.54) is 0 Å². The molecule has 5 heteroatoms. The first-order valence-electron chi connectivity index (χ1n) is 6.66. The number of nitrogens with zero attached hydrogens (tertiary/aromatic N) is 3. The monoisotopic (exact) mass is 285 g/mol. The number of aryl methyl sites for hydroxylation is 2. The van der Waals surface area contributed by atoms with Crippen molar-refractivity contribution in [2.75, 3.05) is 11.9 Å². The molecule has 0 aliphatic heterocycles. The lowest BCUT2D eigenvalue weighted by atomic mass is 10.1. The van der Waals surface area contributed by atoms with Crippen LogP contribution in [-0.4, -0.2) is 27.9 Å². The Morgan fingerprint density at radius 3 is 2.81 bits per heavy atom. The maximum absolute atomic E-state index is 10.5. The molecule has 0 amide bonds. The van der Waals surface area contributed by atoms with Crippen molar-refractivity contribution in [3.63, 3.8) is 0 Å². The number of hydrogen-bond donors (Lipinski definition) is 1. The van der Waals surface area contributed by atoms with Crippen molar-refractivity contribution >= 4 is 17.7 Å². The molecule has 21 heavy (non-hydrogen) atoms. The zero-order valence-electron chi connectivity index (χ0n) is 12.4. The lowest BCUT2D eigenvalue weighted by Gasteiger charge is -2.21. The topological polar surface area (TPSA) is 58.4 Å². The van der Waals surface area contributed by atoms with E-state index in [4.69, 9.17) is 5.11 Å². The van der Waals surface area contributed by atoms with Crippen molar-refractivity contribution in [2.24, 2.45) is 7.05 Å². The standard InChI is InChI=1S/C16H19N3O2/c1-12-8-13(5-7-16(20)21)4-6-15(12)18(2)10-14-9-17-19(3)11-14/h4-9,11H,10H2,1-3H3,(H,20,21). The first kappa shape index (κ1) is 14.8. The third kappa shape index (κ3) is 3.95. The van der Waals surface area contributed by atoms with Crippen LogP contribution in [0.1, 0.15) is 16.7 Å². The molecule has 0 fully saturated rings. The van der Waals surface area contributed by atoms with Gasteiger partial charge in [-0.2, -0.15) is 5.10 Å². The van der Waals surface area contributed by atoms with Gasteiger partial charge >= 0.3 is 5.97 Å². The van der Waals surface area contributed by atoms with Gasteiger partial charge in [0, 0.05) is 44.2 Å². The Kier molecular flexibility index (Phi) is 4.42. The summed E-state index contributed by atoms with van der Waals surface area (Å²) < 4.78 is 1.79. The van der Waals surface area contributed by atoms with Gasteiger partial charge < -0.3 is 10.0 Å². The predicted molar refractivity (Wildman–Crippen MR) is 83.2 cm³/mol. The molecule has 0 unspecified atom stereocenters. The summed E-state index contributed by atoms with van der Waals surface area (Å²) >= 11 is 0. The fraction of sp³-hybridized carbons (Fsp3) is 0.250. The van der Waals surface area contributed by atoms with Crippen LogP contribution < -0.4 is 4.90 Å². The van der Waals surface area contributed by atoms with Crippen LogP contribution in [-0.2, 0) is 18.4 Å². The van der Waals surface area contributed by atoms with E-state index in [0.29, 0.717) is 0 Å². The number of carboxylic acids is 1. The van der Waals surface area contributed by atoms with E-state index >= 15 is 0 Å².